The lowest BCUT2D eigenvalue weighted by atomic mass is 10.1. The monoisotopic (exact) mass is 618 g/mol. The van der Waals surface area contributed by atoms with Gasteiger partial charge in [-0.25, -0.2) is 0 Å². The highest BCUT2D eigenvalue weighted by Gasteiger charge is 2.35. The van der Waals surface area contributed by atoms with Gasteiger partial charge in [0.25, 0.3) is 0 Å². The van der Waals surface area contributed by atoms with Crippen LogP contribution in [0.15, 0.2) is 65.2 Å². The molecule has 1 fully saturated rings. The van der Waals surface area contributed by atoms with Crippen molar-refractivity contribution in [3.63, 3.8) is 0 Å². The van der Waals surface area contributed by atoms with E-state index in [4.69, 9.17) is 23.4 Å². The lowest BCUT2D eigenvalue weighted by Crippen LogP contribution is -2.44. The maximum Gasteiger partial charge on any atom is 0.192 e. The molecule has 216 valence electrons. The Kier molecular flexibility index (Phi) is 13.7. The molecule has 0 saturated carbocycles. The van der Waals surface area contributed by atoms with Crippen molar-refractivity contribution in [1.29, 1.82) is 0 Å². The molecular weight excluding hydrogens is 572 g/mol. The standard InChI is InChI=1S/C32H47BrO5Si/c1-6-29(38-39(7-2,8-3)9-4)30(35-23-26-16-20-28(34-5)21-17-26)12-10-11-13-31(32-24-37-32)36-22-25-14-18-27(33)19-15-25/h10-11,14-21,29-32H,6-9,12-13,22-24H2,1-5H3/b11-10+/t29-,30+,31+,32-/m1/s1. The number of hydrogen-bond donors (Lipinski definition) is 0. The second kappa shape index (κ2) is 16.7. The van der Waals surface area contributed by atoms with E-state index in [-0.39, 0.29) is 24.4 Å². The minimum Gasteiger partial charge on any atom is -0.497 e. The number of rotatable bonds is 19. The summed E-state index contributed by atoms with van der Waals surface area (Å²) in [5.74, 6) is 0.856. The van der Waals surface area contributed by atoms with Gasteiger partial charge in [0.05, 0.1) is 45.2 Å². The Morgan fingerprint density at radius 2 is 1.41 bits per heavy atom. The second-order valence-electron chi connectivity index (χ2n) is 10.3. The van der Waals surface area contributed by atoms with E-state index in [1.165, 1.54) is 0 Å². The fourth-order valence-electron chi connectivity index (χ4n) is 4.84. The lowest BCUT2D eigenvalue weighted by Gasteiger charge is -2.36. The fraction of sp³-hybridized carbons (Fsp3) is 0.562. The molecule has 1 aliphatic rings. The number of ether oxygens (including phenoxy) is 4. The second-order valence-corrected chi connectivity index (χ2v) is 15.9. The van der Waals surface area contributed by atoms with E-state index in [9.17, 15) is 0 Å². The van der Waals surface area contributed by atoms with E-state index in [0.29, 0.717) is 13.2 Å². The molecule has 3 rings (SSSR count). The number of methoxy groups -OCH3 is 1. The fourth-order valence-corrected chi connectivity index (χ4v) is 8.06. The highest BCUT2D eigenvalue weighted by atomic mass is 79.9. The Bertz CT molecular complexity index is 965. The summed E-state index contributed by atoms with van der Waals surface area (Å²) in [5, 5.41) is 0. The molecule has 0 aliphatic carbocycles. The highest BCUT2D eigenvalue weighted by molar-refractivity contribution is 9.10. The van der Waals surface area contributed by atoms with Gasteiger partial charge in [0.15, 0.2) is 8.32 Å². The van der Waals surface area contributed by atoms with Crippen molar-refractivity contribution in [3.8, 4) is 5.75 Å². The average Bonchev–Trinajstić information content (AvgIpc) is 3.82. The Balaban J connectivity index is 1.63. The van der Waals surface area contributed by atoms with Gasteiger partial charge in [-0.05, 0) is 72.8 Å². The molecule has 0 unspecified atom stereocenters. The van der Waals surface area contributed by atoms with Crippen LogP contribution in [0.2, 0.25) is 18.1 Å². The van der Waals surface area contributed by atoms with E-state index in [0.717, 1.165) is 65.4 Å². The maximum atomic E-state index is 6.96. The first-order valence-electron chi connectivity index (χ1n) is 14.5. The van der Waals surface area contributed by atoms with Crippen molar-refractivity contribution in [2.75, 3.05) is 13.7 Å². The highest BCUT2D eigenvalue weighted by Crippen LogP contribution is 2.28. The summed E-state index contributed by atoms with van der Waals surface area (Å²) in [7, 11) is -0.0750. The largest absolute Gasteiger partial charge is 0.497 e. The number of hydrogen-bond acceptors (Lipinski definition) is 5. The van der Waals surface area contributed by atoms with Gasteiger partial charge < -0.3 is 23.4 Å². The lowest BCUT2D eigenvalue weighted by molar-refractivity contribution is -0.0384. The molecule has 5 nitrogen and oxygen atoms in total. The van der Waals surface area contributed by atoms with Gasteiger partial charge in [0, 0.05) is 4.47 Å². The third-order valence-electron chi connectivity index (χ3n) is 7.83. The molecule has 4 atom stereocenters. The average molecular weight is 620 g/mol. The van der Waals surface area contributed by atoms with Crippen molar-refractivity contribution in [3.05, 3.63) is 76.3 Å². The van der Waals surface area contributed by atoms with Gasteiger partial charge in [0.1, 0.15) is 11.9 Å². The van der Waals surface area contributed by atoms with Crippen LogP contribution in [0.1, 0.15) is 58.1 Å². The quantitative estimate of drug-likeness (QED) is 0.0897. The van der Waals surface area contributed by atoms with E-state index >= 15 is 0 Å². The van der Waals surface area contributed by atoms with Gasteiger partial charge in [-0.2, -0.15) is 0 Å². The summed E-state index contributed by atoms with van der Waals surface area (Å²) in [6.45, 7) is 11.0. The van der Waals surface area contributed by atoms with Crippen LogP contribution >= 0.6 is 15.9 Å². The van der Waals surface area contributed by atoms with Crippen molar-refractivity contribution in [1.82, 2.24) is 0 Å². The zero-order valence-corrected chi connectivity index (χ0v) is 27.0. The minimum atomic E-state index is -1.76. The van der Waals surface area contributed by atoms with Crippen molar-refractivity contribution < 1.29 is 23.4 Å². The molecule has 0 N–H and O–H groups in total. The first kappa shape index (κ1) is 32.0. The molecular formula is C32H47BrO5Si. The van der Waals surface area contributed by atoms with Crippen LogP contribution in [-0.2, 0) is 31.9 Å². The van der Waals surface area contributed by atoms with Crippen LogP contribution in [0.4, 0.5) is 0 Å². The molecule has 0 spiro atoms. The molecule has 1 saturated heterocycles. The number of halogens is 1. The van der Waals surface area contributed by atoms with Gasteiger partial charge in [-0.1, -0.05) is 80.0 Å². The smallest absolute Gasteiger partial charge is 0.192 e. The predicted octanol–water partition coefficient (Wildman–Crippen LogP) is 8.46. The molecule has 1 aliphatic heterocycles. The molecule has 0 aromatic heterocycles. The number of benzene rings is 2. The maximum absolute atomic E-state index is 6.96. The first-order chi connectivity index (χ1) is 19.0. The summed E-state index contributed by atoms with van der Waals surface area (Å²) >= 11 is 3.49. The Hall–Kier alpha value is -1.48. The summed E-state index contributed by atoms with van der Waals surface area (Å²) in [5.41, 5.74) is 2.30. The number of epoxide rings is 1. The third-order valence-corrected chi connectivity index (χ3v) is 13.0. The topological polar surface area (TPSA) is 49.5 Å². The van der Waals surface area contributed by atoms with Crippen molar-refractivity contribution in [2.24, 2.45) is 0 Å². The molecule has 7 heteroatoms. The molecule has 2 aromatic rings. The van der Waals surface area contributed by atoms with Crippen LogP contribution in [0, 0.1) is 0 Å². The van der Waals surface area contributed by atoms with E-state index in [1.54, 1.807) is 7.11 Å². The van der Waals surface area contributed by atoms with Gasteiger partial charge in [-0.3, -0.25) is 0 Å². The molecule has 0 radical (unpaired) electrons. The molecule has 1 heterocycles. The van der Waals surface area contributed by atoms with Gasteiger partial charge >= 0.3 is 0 Å². The Labute approximate surface area is 245 Å². The van der Waals surface area contributed by atoms with Crippen LogP contribution in [0.3, 0.4) is 0 Å². The molecule has 0 bridgehead atoms. The van der Waals surface area contributed by atoms with E-state index < -0.39 is 8.32 Å². The molecule has 2 aromatic carbocycles. The van der Waals surface area contributed by atoms with Crippen LogP contribution in [0.5, 0.6) is 5.75 Å². The van der Waals surface area contributed by atoms with E-state index in [1.807, 2.05) is 24.3 Å². The van der Waals surface area contributed by atoms with Gasteiger partial charge in [-0.15, -0.1) is 0 Å². The minimum absolute atomic E-state index is 0.0100. The van der Waals surface area contributed by atoms with E-state index in [2.05, 4.69) is 80.0 Å². The zero-order valence-electron chi connectivity index (χ0n) is 24.4. The SMILES string of the molecule is CC[C@@H](O[Si](CC)(CC)CC)[C@H](C/C=C/C[C@H](OCc1ccc(Br)cc1)[C@H]1CO1)OCc1ccc(OC)cc1. The molecule has 0 amide bonds. The summed E-state index contributed by atoms with van der Waals surface area (Å²) in [4.78, 5) is 0. The first-order valence-corrected chi connectivity index (χ1v) is 17.8. The Morgan fingerprint density at radius 3 is 1.95 bits per heavy atom. The van der Waals surface area contributed by atoms with Crippen molar-refractivity contribution in [2.45, 2.75) is 103 Å². The van der Waals surface area contributed by atoms with Gasteiger partial charge in [0.2, 0.25) is 0 Å². The normalized spacial score (nSPS) is 17.7. The summed E-state index contributed by atoms with van der Waals surface area (Å²) in [6.07, 6.45) is 7.35. The summed E-state index contributed by atoms with van der Waals surface area (Å²) < 4.78 is 31.7. The Morgan fingerprint density at radius 1 is 0.846 bits per heavy atom. The van der Waals surface area contributed by atoms with Crippen molar-refractivity contribution >= 4 is 24.2 Å². The predicted molar refractivity (Wildman–Crippen MR) is 165 cm³/mol. The van der Waals surface area contributed by atoms with Crippen LogP contribution in [0.25, 0.3) is 0 Å². The van der Waals surface area contributed by atoms with Crippen LogP contribution < -0.4 is 4.74 Å². The zero-order chi connectivity index (χ0) is 28.1. The summed E-state index contributed by atoms with van der Waals surface area (Å²) in [6, 6.07) is 19.8. The third kappa shape index (κ3) is 10.5. The van der Waals surface area contributed by atoms with Crippen LogP contribution in [-0.4, -0.2) is 46.4 Å². The molecule has 39 heavy (non-hydrogen) atoms.